The Morgan fingerprint density at radius 1 is 1.60 bits per heavy atom. The number of H-pyrrole nitrogens is 1. The molecule has 1 saturated heterocycles. The molecule has 2 aromatic heterocycles. The number of nitrogens with one attached hydrogen (secondary N) is 1. The van der Waals surface area contributed by atoms with Gasteiger partial charge in [0.1, 0.15) is 12.2 Å². The summed E-state index contributed by atoms with van der Waals surface area (Å²) in [5.41, 5.74) is 5.30. The normalized spacial score (nSPS) is 29.1. The monoisotopic (exact) mass is 391 g/mol. The maximum Gasteiger partial charge on any atom is 0.324 e. The van der Waals surface area contributed by atoms with E-state index in [1.54, 1.807) is 0 Å². The summed E-state index contributed by atoms with van der Waals surface area (Å²) in [7, 11) is 1.23. The average molecular weight is 391 g/mol. The Balaban J connectivity index is 1.99. The number of nitrogen functional groups attached to an aromatic ring is 1. The number of ether oxygens (including phenoxy) is 1. The van der Waals surface area contributed by atoms with E-state index in [1.807, 2.05) is 6.92 Å². The molecule has 0 bridgehead atoms. The van der Waals surface area contributed by atoms with Crippen LogP contribution >= 0.6 is 6.72 Å². The van der Waals surface area contributed by atoms with E-state index in [-0.39, 0.29) is 17.1 Å². The molecule has 5 N–H and O–H groups in total. The number of aliphatic hydroxyl groups excluding tert-OH is 1. The van der Waals surface area contributed by atoms with Gasteiger partial charge in [-0.3, -0.25) is 18.9 Å². The number of fused-ring (bicyclic) bond motifs is 1. The minimum atomic E-state index is -3.50. The predicted molar refractivity (Wildman–Crippen MR) is 91.2 cm³/mol. The molecule has 0 aromatic carbocycles. The van der Waals surface area contributed by atoms with E-state index in [1.165, 1.54) is 18.0 Å². The van der Waals surface area contributed by atoms with Crippen molar-refractivity contribution in [2.24, 2.45) is 0 Å². The fourth-order valence-corrected chi connectivity index (χ4v) is 3.69. The van der Waals surface area contributed by atoms with Crippen LogP contribution in [0, 0.1) is 0 Å². The van der Waals surface area contributed by atoms with Crippen LogP contribution in [-0.4, -0.2) is 54.9 Å². The molecular weight excluding hydrogens is 373 g/mol. The number of aromatic amines is 1. The number of imidazole rings is 1. The molecule has 2 aromatic rings. The van der Waals surface area contributed by atoms with E-state index in [4.69, 9.17) is 31.3 Å². The number of aliphatic hydroxyl groups is 1. The van der Waals surface area contributed by atoms with Gasteiger partial charge in [0.2, 0.25) is 5.95 Å². The maximum atomic E-state index is 11.9. The van der Waals surface area contributed by atoms with E-state index < -0.39 is 36.8 Å². The first-order chi connectivity index (χ1) is 11.8. The Bertz CT molecular complexity index is 886. The van der Waals surface area contributed by atoms with Crippen molar-refractivity contribution in [3.05, 3.63) is 16.7 Å². The van der Waals surface area contributed by atoms with Crippen LogP contribution in [0.1, 0.15) is 19.6 Å². The number of anilines is 1. The zero-order valence-electron chi connectivity index (χ0n) is 13.4. The summed E-state index contributed by atoms with van der Waals surface area (Å²) in [6.45, 7) is -1.67. The van der Waals surface area contributed by atoms with Crippen LogP contribution in [0.5, 0.6) is 0 Å². The van der Waals surface area contributed by atoms with Gasteiger partial charge in [-0.1, -0.05) is 6.92 Å². The SMILES string of the molecule is CC[C@H]1O[C@H](n2cnc3c(=O)[nH]c(N)nc32)C(O)[C@H]1OP(O)(=S)OC. The van der Waals surface area contributed by atoms with E-state index in [0.29, 0.717) is 6.42 Å². The van der Waals surface area contributed by atoms with Gasteiger partial charge in [-0.05, 0) is 18.2 Å². The lowest BCUT2D eigenvalue weighted by Crippen LogP contribution is -2.33. The van der Waals surface area contributed by atoms with Crippen molar-refractivity contribution in [1.29, 1.82) is 0 Å². The predicted octanol–water partition coefficient (Wildman–Crippen LogP) is -0.381. The summed E-state index contributed by atoms with van der Waals surface area (Å²) in [5, 5.41) is 10.6. The Hall–Kier alpha value is -1.40. The summed E-state index contributed by atoms with van der Waals surface area (Å²) in [6.07, 6.45) is -1.81. The van der Waals surface area contributed by atoms with Crippen LogP contribution in [-0.2, 0) is 25.6 Å². The minimum Gasteiger partial charge on any atom is -0.386 e. The van der Waals surface area contributed by atoms with Crippen LogP contribution in [0.15, 0.2) is 11.1 Å². The van der Waals surface area contributed by atoms with Crippen LogP contribution in [0.3, 0.4) is 0 Å². The standard InChI is InChI=1S/C12H18N5O6PS/c1-3-5-8(23-24(20,25)21-2)7(18)11(22-5)17-4-14-6-9(17)15-12(13)16-10(6)19/h4-5,7-8,11,18H,3H2,1-2H3,(H,20,25)(H3,13,15,16,19)/t5-,7?,8+,11+,24?/m1/s1. The molecule has 3 rings (SSSR count). The molecule has 138 valence electrons. The Morgan fingerprint density at radius 2 is 2.32 bits per heavy atom. The van der Waals surface area contributed by atoms with Gasteiger partial charge in [-0.15, -0.1) is 0 Å². The quantitative estimate of drug-likeness (QED) is 0.495. The summed E-state index contributed by atoms with van der Waals surface area (Å²) < 4.78 is 17.4. The number of hydrogen-bond acceptors (Lipinski definition) is 9. The molecule has 0 spiro atoms. The van der Waals surface area contributed by atoms with E-state index in [9.17, 15) is 14.8 Å². The van der Waals surface area contributed by atoms with Crippen LogP contribution in [0.2, 0.25) is 0 Å². The molecule has 2 unspecified atom stereocenters. The summed E-state index contributed by atoms with van der Waals surface area (Å²) in [5.74, 6) is -0.0863. The second-order valence-corrected chi connectivity index (χ2v) is 8.36. The van der Waals surface area contributed by atoms with Crippen molar-refractivity contribution >= 4 is 35.6 Å². The van der Waals surface area contributed by atoms with Gasteiger partial charge in [0.25, 0.3) is 5.56 Å². The van der Waals surface area contributed by atoms with Crippen LogP contribution in [0.4, 0.5) is 5.95 Å². The van der Waals surface area contributed by atoms with Gasteiger partial charge in [-0.25, -0.2) is 4.98 Å². The number of rotatable bonds is 5. The van der Waals surface area contributed by atoms with Gasteiger partial charge in [0.15, 0.2) is 17.4 Å². The molecule has 1 aliphatic heterocycles. The lowest BCUT2D eigenvalue weighted by atomic mass is 10.1. The van der Waals surface area contributed by atoms with Gasteiger partial charge in [0.05, 0.1) is 12.4 Å². The molecule has 13 heteroatoms. The summed E-state index contributed by atoms with van der Waals surface area (Å²) >= 11 is 4.85. The summed E-state index contributed by atoms with van der Waals surface area (Å²) in [6, 6.07) is 0. The molecule has 0 amide bonds. The third kappa shape index (κ3) is 3.34. The van der Waals surface area contributed by atoms with Crippen molar-refractivity contribution in [3.8, 4) is 0 Å². The zero-order valence-corrected chi connectivity index (χ0v) is 15.1. The van der Waals surface area contributed by atoms with Crippen LogP contribution in [0.25, 0.3) is 11.2 Å². The highest BCUT2D eigenvalue weighted by atomic mass is 32.5. The third-order valence-electron chi connectivity index (χ3n) is 3.92. The van der Waals surface area contributed by atoms with E-state index in [2.05, 4.69) is 15.0 Å². The smallest absolute Gasteiger partial charge is 0.324 e. The first kappa shape index (κ1) is 18.4. The molecule has 25 heavy (non-hydrogen) atoms. The largest absolute Gasteiger partial charge is 0.386 e. The molecule has 3 heterocycles. The van der Waals surface area contributed by atoms with Crippen molar-refractivity contribution in [2.45, 2.75) is 37.9 Å². The van der Waals surface area contributed by atoms with Gasteiger partial charge in [0, 0.05) is 7.11 Å². The number of hydrogen-bond donors (Lipinski definition) is 4. The van der Waals surface area contributed by atoms with Crippen molar-refractivity contribution < 1.29 is 23.8 Å². The highest BCUT2D eigenvalue weighted by Gasteiger charge is 2.47. The Kier molecular flexibility index (Phi) is 4.95. The maximum absolute atomic E-state index is 11.9. The first-order valence-corrected chi connectivity index (χ1v) is 9.99. The van der Waals surface area contributed by atoms with Crippen molar-refractivity contribution in [1.82, 2.24) is 19.5 Å². The van der Waals surface area contributed by atoms with Crippen molar-refractivity contribution in [3.63, 3.8) is 0 Å². The third-order valence-corrected chi connectivity index (χ3v) is 5.60. The second kappa shape index (κ2) is 6.72. The highest BCUT2D eigenvalue weighted by Crippen LogP contribution is 2.48. The lowest BCUT2D eigenvalue weighted by Gasteiger charge is -2.23. The molecule has 0 radical (unpaired) electrons. The number of aromatic nitrogens is 4. The molecule has 11 nitrogen and oxygen atoms in total. The zero-order chi connectivity index (χ0) is 18.4. The topological polar surface area (TPSA) is 158 Å². The van der Waals surface area contributed by atoms with Gasteiger partial charge >= 0.3 is 6.72 Å². The molecule has 1 aliphatic rings. The molecule has 5 atom stereocenters. The van der Waals surface area contributed by atoms with Gasteiger partial charge < -0.3 is 25.0 Å². The fourth-order valence-electron chi connectivity index (χ4n) is 2.73. The molecule has 0 aliphatic carbocycles. The number of nitrogens with two attached hydrogens (primary N) is 1. The highest BCUT2D eigenvalue weighted by molar-refractivity contribution is 8.07. The lowest BCUT2D eigenvalue weighted by molar-refractivity contribution is -0.0355. The van der Waals surface area contributed by atoms with E-state index in [0.717, 1.165) is 0 Å². The minimum absolute atomic E-state index is 0.0617. The first-order valence-electron chi connectivity index (χ1n) is 7.40. The molecule has 1 fully saturated rings. The van der Waals surface area contributed by atoms with Crippen molar-refractivity contribution in [2.75, 3.05) is 12.8 Å². The second-order valence-electron chi connectivity index (χ2n) is 5.46. The van der Waals surface area contributed by atoms with E-state index >= 15 is 0 Å². The molecular formula is C12H18N5O6PS. The fraction of sp³-hybridized carbons (Fsp3) is 0.583. The average Bonchev–Trinajstić information content (AvgIpc) is 3.09. The summed E-state index contributed by atoms with van der Waals surface area (Å²) in [4.78, 5) is 32.2. The van der Waals surface area contributed by atoms with Gasteiger partial charge in [-0.2, -0.15) is 4.98 Å². The van der Waals surface area contributed by atoms with Crippen LogP contribution < -0.4 is 11.3 Å². The Morgan fingerprint density at radius 3 is 2.96 bits per heavy atom. The molecule has 0 saturated carbocycles. The Labute approximate surface area is 147 Å². The number of nitrogens with zero attached hydrogens (tertiary/aromatic N) is 3.